The largest absolute Gasteiger partial charge is 0.310 e. The number of fused-ring (bicyclic) bond motifs is 6. The Morgan fingerprint density at radius 1 is 0.577 bits per heavy atom. The van der Waals surface area contributed by atoms with E-state index in [1.165, 1.54) is 83.2 Å². The van der Waals surface area contributed by atoms with Gasteiger partial charge in [0.05, 0.1) is 22.2 Å². The fourth-order valence-corrected chi connectivity index (χ4v) is 9.07. The number of benzene rings is 6. The Morgan fingerprint density at radius 3 is 1.94 bits per heavy atom. The zero-order chi connectivity index (χ0) is 34.8. The summed E-state index contributed by atoms with van der Waals surface area (Å²) in [6.07, 6.45) is 9.37. The van der Waals surface area contributed by atoms with Crippen LogP contribution >= 0.6 is 0 Å². The van der Waals surface area contributed by atoms with Crippen LogP contribution in [0.15, 0.2) is 176 Å². The molecule has 6 aromatic carbocycles. The molecule has 2 heteroatoms. The van der Waals surface area contributed by atoms with Gasteiger partial charge in [0.15, 0.2) is 0 Å². The predicted molar refractivity (Wildman–Crippen MR) is 220 cm³/mol. The molecule has 2 aliphatic carbocycles. The van der Waals surface area contributed by atoms with Crippen LogP contribution in [0.1, 0.15) is 60.6 Å². The van der Waals surface area contributed by atoms with Crippen molar-refractivity contribution < 1.29 is 0 Å². The second-order valence-corrected chi connectivity index (χ2v) is 14.9. The lowest BCUT2D eigenvalue weighted by Gasteiger charge is -2.33. The summed E-state index contributed by atoms with van der Waals surface area (Å²) in [4.78, 5) is 0. The van der Waals surface area contributed by atoms with E-state index in [1.54, 1.807) is 0 Å². The Morgan fingerprint density at radius 2 is 1.19 bits per heavy atom. The van der Waals surface area contributed by atoms with Crippen molar-refractivity contribution in [1.82, 2.24) is 9.13 Å². The lowest BCUT2D eigenvalue weighted by atomic mass is 9.72. The van der Waals surface area contributed by atoms with Crippen LogP contribution in [0.25, 0.3) is 55.2 Å². The molecule has 0 saturated carbocycles. The lowest BCUT2D eigenvalue weighted by Crippen LogP contribution is -2.23. The van der Waals surface area contributed by atoms with E-state index in [2.05, 4.69) is 199 Å². The van der Waals surface area contributed by atoms with Crippen molar-refractivity contribution in [2.45, 2.75) is 38.0 Å². The summed E-state index contributed by atoms with van der Waals surface area (Å²) in [5.74, 6) is 0.432. The maximum atomic E-state index is 2.50. The van der Waals surface area contributed by atoms with E-state index in [-0.39, 0.29) is 5.41 Å². The summed E-state index contributed by atoms with van der Waals surface area (Å²) in [7, 11) is 0. The van der Waals surface area contributed by atoms with Gasteiger partial charge in [-0.25, -0.2) is 0 Å². The molecule has 250 valence electrons. The SMILES string of the molecule is CC1CC=C(c2ccc3c(c2)c2ccccc2n3C2=CC(C)(c3ccccc3)CC(c3ccccc3)=C2)c2c1c1ccccc1n2-c1ccccc1. The van der Waals surface area contributed by atoms with Crippen molar-refractivity contribution in [1.29, 1.82) is 0 Å². The van der Waals surface area contributed by atoms with Crippen molar-refractivity contribution in [3.63, 3.8) is 0 Å². The highest BCUT2D eigenvalue weighted by Crippen LogP contribution is 2.47. The average molecular weight is 669 g/mol. The van der Waals surface area contributed by atoms with Gasteiger partial charge in [0.25, 0.3) is 0 Å². The Labute approximate surface area is 305 Å². The van der Waals surface area contributed by atoms with Gasteiger partial charge < -0.3 is 9.13 Å². The van der Waals surface area contributed by atoms with Crippen molar-refractivity contribution >= 4 is 49.6 Å². The number of para-hydroxylation sites is 3. The maximum Gasteiger partial charge on any atom is 0.0578 e. The third kappa shape index (κ3) is 4.78. The molecule has 2 unspecified atom stereocenters. The average Bonchev–Trinajstić information content (AvgIpc) is 3.73. The summed E-state index contributed by atoms with van der Waals surface area (Å²) in [5.41, 5.74) is 15.3. The normalized spacial score (nSPS) is 18.7. The molecule has 0 N–H and O–H groups in total. The van der Waals surface area contributed by atoms with Crippen molar-refractivity contribution in [3.05, 3.63) is 204 Å². The highest BCUT2D eigenvalue weighted by atomic mass is 15.0. The lowest BCUT2D eigenvalue weighted by molar-refractivity contribution is 0.609. The summed E-state index contributed by atoms with van der Waals surface area (Å²) in [5, 5.41) is 3.90. The Balaban J connectivity index is 1.20. The highest BCUT2D eigenvalue weighted by Gasteiger charge is 2.32. The second-order valence-electron chi connectivity index (χ2n) is 14.9. The van der Waals surface area contributed by atoms with Crippen LogP contribution in [0, 0.1) is 0 Å². The van der Waals surface area contributed by atoms with Crippen molar-refractivity contribution in [3.8, 4) is 5.69 Å². The number of nitrogens with zero attached hydrogens (tertiary/aromatic N) is 2. The molecule has 0 aliphatic heterocycles. The Hall–Kier alpha value is -6.12. The van der Waals surface area contributed by atoms with Crippen LogP contribution in [0.3, 0.4) is 0 Å². The number of allylic oxidation sites excluding steroid dienone is 5. The summed E-state index contributed by atoms with van der Waals surface area (Å²) >= 11 is 0. The molecule has 2 nitrogen and oxygen atoms in total. The zero-order valence-electron chi connectivity index (χ0n) is 29.6. The second kappa shape index (κ2) is 12.0. The summed E-state index contributed by atoms with van der Waals surface area (Å²) in [6, 6.07) is 57.8. The molecule has 0 amide bonds. The van der Waals surface area contributed by atoms with E-state index in [4.69, 9.17) is 0 Å². The molecule has 52 heavy (non-hydrogen) atoms. The highest BCUT2D eigenvalue weighted by molar-refractivity contribution is 6.12. The minimum atomic E-state index is -0.168. The molecule has 0 spiro atoms. The van der Waals surface area contributed by atoms with Gasteiger partial charge in [-0.3, -0.25) is 0 Å². The first-order chi connectivity index (χ1) is 25.6. The van der Waals surface area contributed by atoms with Crippen LogP contribution in [-0.2, 0) is 5.41 Å². The van der Waals surface area contributed by atoms with Gasteiger partial charge in [0, 0.05) is 38.5 Å². The molecule has 2 aliphatic rings. The molecule has 0 fully saturated rings. The molecule has 0 radical (unpaired) electrons. The van der Waals surface area contributed by atoms with E-state index in [1.807, 2.05) is 0 Å². The smallest absolute Gasteiger partial charge is 0.0578 e. The number of rotatable bonds is 5. The Bertz CT molecular complexity index is 2740. The van der Waals surface area contributed by atoms with Gasteiger partial charge in [-0.05, 0) is 95.1 Å². The van der Waals surface area contributed by atoms with Gasteiger partial charge in [-0.1, -0.05) is 141 Å². The van der Waals surface area contributed by atoms with Crippen LogP contribution < -0.4 is 0 Å². The molecular weight excluding hydrogens is 629 g/mol. The zero-order valence-corrected chi connectivity index (χ0v) is 29.6. The molecule has 2 heterocycles. The molecule has 0 bridgehead atoms. The summed E-state index contributed by atoms with van der Waals surface area (Å²) in [6.45, 7) is 4.77. The molecule has 8 aromatic rings. The molecule has 0 saturated heterocycles. The van der Waals surface area contributed by atoms with Gasteiger partial charge >= 0.3 is 0 Å². The van der Waals surface area contributed by atoms with Crippen LogP contribution in [0.4, 0.5) is 0 Å². The molecule has 10 rings (SSSR count). The number of hydrogen-bond acceptors (Lipinski definition) is 0. The van der Waals surface area contributed by atoms with Gasteiger partial charge in [-0.2, -0.15) is 0 Å². The first kappa shape index (κ1) is 30.7. The van der Waals surface area contributed by atoms with Crippen LogP contribution in [0.5, 0.6) is 0 Å². The fourth-order valence-electron chi connectivity index (χ4n) is 9.07. The van der Waals surface area contributed by atoms with Crippen LogP contribution in [-0.4, -0.2) is 9.13 Å². The summed E-state index contributed by atoms with van der Waals surface area (Å²) < 4.78 is 4.99. The number of hydrogen-bond donors (Lipinski definition) is 0. The first-order valence-corrected chi connectivity index (χ1v) is 18.5. The van der Waals surface area contributed by atoms with Crippen LogP contribution in [0.2, 0.25) is 0 Å². The maximum absolute atomic E-state index is 2.50. The van der Waals surface area contributed by atoms with E-state index >= 15 is 0 Å². The fraction of sp³-hybridized carbons (Fsp3) is 0.120. The van der Waals surface area contributed by atoms with Crippen molar-refractivity contribution in [2.24, 2.45) is 0 Å². The van der Waals surface area contributed by atoms with Gasteiger partial charge in [0.2, 0.25) is 0 Å². The van der Waals surface area contributed by atoms with Gasteiger partial charge in [0.1, 0.15) is 0 Å². The minimum absolute atomic E-state index is 0.168. The molecular formula is C50H40N2. The Kier molecular flexibility index (Phi) is 7.08. The minimum Gasteiger partial charge on any atom is -0.310 e. The van der Waals surface area contributed by atoms with E-state index in [9.17, 15) is 0 Å². The monoisotopic (exact) mass is 668 g/mol. The molecule has 2 aromatic heterocycles. The standard InChI is InChI=1S/C50H40N2/c1-34-26-28-41(49-48(34)43-23-13-15-25-46(43)52(49)39-20-10-5-11-21-39)36-27-29-47-44(31-36)42-22-12-14-24-45(42)51(47)40-30-37(35-16-6-3-7-17-35)32-50(2,33-40)38-18-8-4-9-19-38/h3-25,27-31,33-34H,26,32H2,1-2H3. The third-order valence-electron chi connectivity index (χ3n) is 11.5. The first-order valence-electron chi connectivity index (χ1n) is 18.5. The van der Waals surface area contributed by atoms with E-state index < -0.39 is 0 Å². The van der Waals surface area contributed by atoms with E-state index in [0.717, 1.165) is 12.8 Å². The van der Waals surface area contributed by atoms with E-state index in [0.29, 0.717) is 5.92 Å². The number of aromatic nitrogens is 2. The van der Waals surface area contributed by atoms with Gasteiger partial charge in [-0.15, -0.1) is 0 Å². The quantitative estimate of drug-likeness (QED) is 0.173. The predicted octanol–water partition coefficient (Wildman–Crippen LogP) is 13.0. The van der Waals surface area contributed by atoms with Crippen molar-refractivity contribution in [2.75, 3.05) is 0 Å². The third-order valence-corrected chi connectivity index (χ3v) is 11.5. The topological polar surface area (TPSA) is 9.86 Å². The molecule has 2 atom stereocenters.